The average molecular weight is 326 g/mol. The molecule has 0 spiro atoms. The predicted molar refractivity (Wildman–Crippen MR) is 79.6 cm³/mol. The summed E-state index contributed by atoms with van der Waals surface area (Å²) in [6.45, 7) is -0.0762. The van der Waals surface area contributed by atoms with Crippen molar-refractivity contribution < 1.29 is 22.0 Å². The fraction of sp³-hybridized carbons (Fsp3) is 0.214. The highest BCUT2D eigenvalue weighted by atomic mass is 32.2. The van der Waals surface area contributed by atoms with E-state index >= 15 is 0 Å². The molecule has 0 radical (unpaired) electrons. The molecule has 2 aromatic rings. The summed E-state index contributed by atoms with van der Waals surface area (Å²) in [5.41, 5.74) is -0.0581. The molecule has 118 valence electrons. The first-order valence-corrected chi connectivity index (χ1v) is 8.28. The zero-order valence-electron chi connectivity index (χ0n) is 11.8. The van der Waals surface area contributed by atoms with Gasteiger partial charge in [-0.3, -0.25) is 9.10 Å². The lowest BCUT2D eigenvalue weighted by Gasteiger charge is -2.22. The van der Waals surface area contributed by atoms with Crippen LogP contribution in [0.25, 0.3) is 0 Å². The van der Waals surface area contributed by atoms with Crippen LogP contribution >= 0.6 is 0 Å². The topological polar surface area (TPSA) is 79.6 Å². The molecule has 1 heterocycles. The van der Waals surface area contributed by atoms with Crippen LogP contribution in [0.4, 0.5) is 10.1 Å². The molecule has 2 rings (SSSR count). The molecule has 0 aliphatic rings. The number of hydrogen-bond acceptors (Lipinski definition) is 4. The van der Waals surface area contributed by atoms with Crippen LogP contribution in [-0.4, -0.2) is 33.7 Å². The minimum Gasteiger partial charge on any atom is -0.459 e. The molecule has 22 heavy (non-hydrogen) atoms. The van der Waals surface area contributed by atoms with Gasteiger partial charge in [0.15, 0.2) is 5.76 Å². The Morgan fingerprint density at radius 3 is 2.59 bits per heavy atom. The van der Waals surface area contributed by atoms with Gasteiger partial charge in [0.2, 0.25) is 10.0 Å². The predicted octanol–water partition coefficient (Wildman–Crippen LogP) is 1.61. The van der Waals surface area contributed by atoms with Gasteiger partial charge in [0.1, 0.15) is 5.82 Å². The number of amides is 1. The summed E-state index contributed by atoms with van der Waals surface area (Å²) < 4.78 is 43.2. The van der Waals surface area contributed by atoms with Crippen molar-refractivity contribution in [3.05, 3.63) is 54.2 Å². The van der Waals surface area contributed by atoms with Gasteiger partial charge >= 0.3 is 0 Å². The first kappa shape index (κ1) is 16.0. The zero-order chi connectivity index (χ0) is 16.2. The van der Waals surface area contributed by atoms with E-state index in [9.17, 15) is 17.6 Å². The lowest BCUT2D eigenvalue weighted by atomic mass is 10.3. The summed E-state index contributed by atoms with van der Waals surface area (Å²) in [5, 5.41) is 2.52. The van der Waals surface area contributed by atoms with Crippen molar-refractivity contribution in [2.24, 2.45) is 0 Å². The second-order valence-electron chi connectivity index (χ2n) is 4.52. The summed E-state index contributed by atoms with van der Waals surface area (Å²) in [4.78, 5) is 11.7. The molecule has 6 nitrogen and oxygen atoms in total. The molecule has 0 saturated carbocycles. The minimum absolute atomic E-state index is 0.0148. The number of nitrogens with one attached hydrogen (secondary N) is 1. The standard InChI is InChI=1S/C14H15FN2O4S/c1-22(19,20)17(12-6-3-2-5-11(12)15)9-8-16-14(18)13-7-4-10-21-13/h2-7,10H,8-9H2,1H3,(H,16,18). The quantitative estimate of drug-likeness (QED) is 0.875. The average Bonchev–Trinajstić information content (AvgIpc) is 2.97. The van der Waals surface area contributed by atoms with Gasteiger partial charge in [0.05, 0.1) is 24.8 Å². The fourth-order valence-corrected chi connectivity index (χ4v) is 2.81. The maximum Gasteiger partial charge on any atom is 0.287 e. The summed E-state index contributed by atoms with van der Waals surface area (Å²) >= 11 is 0. The Bertz CT molecular complexity index is 744. The molecule has 0 aliphatic carbocycles. The third-order valence-electron chi connectivity index (χ3n) is 2.87. The molecule has 0 aliphatic heterocycles. The highest BCUT2D eigenvalue weighted by molar-refractivity contribution is 7.92. The smallest absolute Gasteiger partial charge is 0.287 e. The Balaban J connectivity index is 2.06. The highest BCUT2D eigenvalue weighted by Gasteiger charge is 2.20. The van der Waals surface area contributed by atoms with Crippen molar-refractivity contribution in [3.8, 4) is 0 Å². The van der Waals surface area contributed by atoms with E-state index in [4.69, 9.17) is 4.42 Å². The van der Waals surface area contributed by atoms with Crippen LogP contribution in [0.15, 0.2) is 47.1 Å². The van der Waals surface area contributed by atoms with E-state index < -0.39 is 21.7 Å². The first-order chi connectivity index (χ1) is 10.4. The van der Waals surface area contributed by atoms with Gasteiger partial charge < -0.3 is 9.73 Å². The molecule has 0 fully saturated rings. The van der Waals surface area contributed by atoms with Gasteiger partial charge in [-0.15, -0.1) is 0 Å². The Labute approximate surface area is 127 Å². The van der Waals surface area contributed by atoms with Crippen molar-refractivity contribution in [1.29, 1.82) is 0 Å². The van der Waals surface area contributed by atoms with Gasteiger partial charge in [-0.25, -0.2) is 12.8 Å². The Morgan fingerprint density at radius 1 is 1.27 bits per heavy atom. The SMILES string of the molecule is CS(=O)(=O)N(CCNC(=O)c1ccco1)c1ccccc1F. The van der Waals surface area contributed by atoms with Crippen molar-refractivity contribution in [1.82, 2.24) is 5.32 Å². The normalized spacial score (nSPS) is 11.2. The van der Waals surface area contributed by atoms with E-state index in [-0.39, 0.29) is 24.5 Å². The number of halogens is 1. The number of carbonyl (C=O) groups excluding carboxylic acids is 1. The van der Waals surface area contributed by atoms with Crippen LogP contribution in [0.5, 0.6) is 0 Å². The van der Waals surface area contributed by atoms with Gasteiger partial charge in [-0.2, -0.15) is 0 Å². The largest absolute Gasteiger partial charge is 0.459 e. The van der Waals surface area contributed by atoms with Crippen LogP contribution in [0.1, 0.15) is 10.6 Å². The number of rotatable bonds is 6. The third-order valence-corrected chi connectivity index (χ3v) is 4.05. The van der Waals surface area contributed by atoms with E-state index in [0.29, 0.717) is 0 Å². The number of sulfonamides is 1. The Hall–Kier alpha value is -2.35. The summed E-state index contributed by atoms with van der Waals surface area (Å²) in [7, 11) is -3.67. The molecule has 1 N–H and O–H groups in total. The second kappa shape index (κ2) is 6.61. The van der Waals surface area contributed by atoms with E-state index in [1.165, 1.54) is 36.6 Å². The summed E-state index contributed by atoms with van der Waals surface area (Å²) in [6.07, 6.45) is 2.34. The molecule has 0 bridgehead atoms. The van der Waals surface area contributed by atoms with Crippen LogP contribution in [0, 0.1) is 5.82 Å². The number of benzene rings is 1. The second-order valence-corrected chi connectivity index (χ2v) is 6.43. The van der Waals surface area contributed by atoms with Crippen LogP contribution in [0.2, 0.25) is 0 Å². The molecule has 1 aromatic carbocycles. The molecule has 8 heteroatoms. The lowest BCUT2D eigenvalue weighted by molar-refractivity contribution is 0.0927. The number of hydrogen-bond donors (Lipinski definition) is 1. The number of anilines is 1. The first-order valence-electron chi connectivity index (χ1n) is 6.43. The zero-order valence-corrected chi connectivity index (χ0v) is 12.6. The molecule has 1 aromatic heterocycles. The van der Waals surface area contributed by atoms with Crippen LogP contribution in [0.3, 0.4) is 0 Å². The maximum absolute atomic E-state index is 13.8. The molecular formula is C14H15FN2O4S. The Morgan fingerprint density at radius 2 is 2.00 bits per heavy atom. The monoisotopic (exact) mass is 326 g/mol. The van der Waals surface area contributed by atoms with Gasteiger partial charge in [0, 0.05) is 6.54 Å². The van der Waals surface area contributed by atoms with Gasteiger partial charge in [-0.05, 0) is 24.3 Å². The molecule has 0 unspecified atom stereocenters. The maximum atomic E-state index is 13.8. The van der Waals surface area contributed by atoms with Gasteiger partial charge in [0.25, 0.3) is 5.91 Å². The van der Waals surface area contributed by atoms with E-state index in [0.717, 1.165) is 10.6 Å². The third kappa shape index (κ3) is 3.85. The van der Waals surface area contributed by atoms with Crippen LogP contribution < -0.4 is 9.62 Å². The van der Waals surface area contributed by atoms with Crippen molar-refractivity contribution in [2.45, 2.75) is 0 Å². The molecular weight excluding hydrogens is 311 g/mol. The fourth-order valence-electron chi connectivity index (χ4n) is 1.88. The number of furan rings is 1. The summed E-state index contributed by atoms with van der Waals surface area (Å²) in [6, 6.07) is 8.60. The van der Waals surface area contributed by atoms with E-state index in [2.05, 4.69) is 5.32 Å². The Kier molecular flexibility index (Phi) is 4.81. The molecule has 0 saturated heterocycles. The van der Waals surface area contributed by atoms with Crippen molar-refractivity contribution in [2.75, 3.05) is 23.7 Å². The minimum atomic E-state index is -3.67. The number of para-hydroxylation sites is 1. The van der Waals surface area contributed by atoms with Crippen molar-refractivity contribution in [3.63, 3.8) is 0 Å². The molecule has 0 atom stereocenters. The van der Waals surface area contributed by atoms with E-state index in [1.807, 2.05) is 0 Å². The molecule has 1 amide bonds. The van der Waals surface area contributed by atoms with Gasteiger partial charge in [-0.1, -0.05) is 12.1 Å². The van der Waals surface area contributed by atoms with Crippen LogP contribution in [-0.2, 0) is 10.0 Å². The van der Waals surface area contributed by atoms with Crippen molar-refractivity contribution >= 4 is 21.6 Å². The lowest BCUT2D eigenvalue weighted by Crippen LogP contribution is -2.38. The highest BCUT2D eigenvalue weighted by Crippen LogP contribution is 2.20. The summed E-state index contributed by atoms with van der Waals surface area (Å²) in [5.74, 6) is -0.992. The number of nitrogens with zero attached hydrogens (tertiary/aromatic N) is 1. The van der Waals surface area contributed by atoms with E-state index in [1.54, 1.807) is 6.07 Å². The number of carbonyl (C=O) groups is 1.